The van der Waals surface area contributed by atoms with Crippen molar-refractivity contribution < 1.29 is 19.2 Å². The van der Waals surface area contributed by atoms with Gasteiger partial charge < -0.3 is 19.7 Å². The Morgan fingerprint density at radius 2 is 1.77 bits per heavy atom. The average molecular weight is 414 g/mol. The maximum Gasteiger partial charge on any atom is 0.271 e. The molecule has 1 aliphatic heterocycles. The minimum Gasteiger partial charge on any atom is -0.497 e. The second kappa shape index (κ2) is 9.93. The zero-order valence-corrected chi connectivity index (χ0v) is 17.2. The van der Waals surface area contributed by atoms with Crippen LogP contribution >= 0.6 is 0 Å². The Morgan fingerprint density at radius 1 is 1.07 bits per heavy atom. The van der Waals surface area contributed by atoms with E-state index in [2.05, 4.69) is 15.1 Å². The lowest BCUT2D eigenvalue weighted by Crippen LogP contribution is -2.47. The van der Waals surface area contributed by atoms with Crippen LogP contribution in [0.3, 0.4) is 0 Å². The first-order valence-corrected chi connectivity index (χ1v) is 9.74. The maximum absolute atomic E-state index is 12.4. The molecule has 9 heteroatoms. The molecule has 0 saturated carbocycles. The van der Waals surface area contributed by atoms with Crippen molar-refractivity contribution in [2.24, 2.45) is 0 Å². The quantitative estimate of drug-likeness (QED) is 0.524. The molecule has 1 N–H and O–H groups in total. The van der Waals surface area contributed by atoms with Crippen LogP contribution < -0.4 is 19.7 Å². The van der Waals surface area contributed by atoms with E-state index in [0.717, 1.165) is 37.6 Å². The third-order valence-electron chi connectivity index (χ3n) is 5.13. The lowest BCUT2D eigenvalue weighted by Gasteiger charge is -2.36. The molecule has 0 unspecified atom stereocenters. The molecule has 3 rings (SSSR count). The summed E-state index contributed by atoms with van der Waals surface area (Å²) in [5, 5.41) is 13.7. The van der Waals surface area contributed by atoms with E-state index < -0.39 is 4.92 Å². The molecule has 1 fully saturated rings. The Bertz CT molecular complexity index is 879. The molecular weight excluding hydrogens is 388 g/mol. The molecule has 1 aliphatic rings. The number of carbonyl (C=O) groups is 1. The number of nitro groups is 1. The largest absolute Gasteiger partial charge is 0.497 e. The third kappa shape index (κ3) is 5.38. The predicted octanol–water partition coefficient (Wildman–Crippen LogP) is 2.76. The molecule has 0 aromatic heterocycles. The molecule has 160 valence electrons. The SMILES string of the molecule is COc1ccc(N2CCN(CCC(=O)Nc3cc([N+](=O)[O-])ccc3OC)CC2)cc1. The molecule has 1 amide bonds. The molecule has 0 bridgehead atoms. The van der Waals surface area contributed by atoms with Crippen LogP contribution in [-0.2, 0) is 4.79 Å². The van der Waals surface area contributed by atoms with Crippen LogP contribution in [0.2, 0.25) is 0 Å². The topological polar surface area (TPSA) is 97.2 Å². The van der Waals surface area contributed by atoms with Gasteiger partial charge in [-0.3, -0.25) is 19.8 Å². The lowest BCUT2D eigenvalue weighted by molar-refractivity contribution is -0.384. The number of nitrogens with zero attached hydrogens (tertiary/aromatic N) is 3. The van der Waals surface area contributed by atoms with Gasteiger partial charge in [0.1, 0.15) is 11.5 Å². The van der Waals surface area contributed by atoms with Crippen LogP contribution in [-0.4, -0.2) is 62.7 Å². The fourth-order valence-corrected chi connectivity index (χ4v) is 3.40. The number of nitro benzene ring substituents is 1. The number of anilines is 2. The number of nitrogens with one attached hydrogen (secondary N) is 1. The smallest absolute Gasteiger partial charge is 0.271 e. The van der Waals surface area contributed by atoms with Gasteiger partial charge >= 0.3 is 0 Å². The van der Waals surface area contributed by atoms with Gasteiger partial charge in [0.15, 0.2) is 0 Å². The first-order valence-electron chi connectivity index (χ1n) is 9.74. The number of rotatable bonds is 8. The highest BCUT2D eigenvalue weighted by molar-refractivity contribution is 5.92. The molecule has 2 aromatic carbocycles. The summed E-state index contributed by atoms with van der Waals surface area (Å²) in [6.07, 6.45) is 0.300. The number of benzene rings is 2. The first-order chi connectivity index (χ1) is 14.5. The van der Waals surface area contributed by atoms with Crippen LogP contribution in [0.15, 0.2) is 42.5 Å². The first kappa shape index (κ1) is 21.4. The van der Waals surface area contributed by atoms with E-state index in [-0.39, 0.29) is 11.6 Å². The summed E-state index contributed by atoms with van der Waals surface area (Å²) >= 11 is 0. The molecule has 1 saturated heterocycles. The number of hydrogen-bond acceptors (Lipinski definition) is 7. The van der Waals surface area contributed by atoms with E-state index in [9.17, 15) is 14.9 Å². The predicted molar refractivity (Wildman–Crippen MR) is 115 cm³/mol. The van der Waals surface area contributed by atoms with Gasteiger partial charge in [-0.2, -0.15) is 0 Å². The Balaban J connectivity index is 1.48. The summed E-state index contributed by atoms with van der Waals surface area (Å²) in [6, 6.07) is 12.1. The lowest BCUT2D eigenvalue weighted by atomic mass is 10.2. The van der Waals surface area contributed by atoms with Crippen LogP contribution in [0.5, 0.6) is 11.5 Å². The number of methoxy groups -OCH3 is 2. The molecule has 1 heterocycles. The van der Waals surface area contributed by atoms with E-state index in [1.807, 2.05) is 24.3 Å². The van der Waals surface area contributed by atoms with Crippen molar-refractivity contribution in [3.63, 3.8) is 0 Å². The number of piperazine rings is 1. The van der Waals surface area contributed by atoms with Gasteiger partial charge in [-0.15, -0.1) is 0 Å². The van der Waals surface area contributed by atoms with Crippen molar-refractivity contribution in [2.45, 2.75) is 6.42 Å². The zero-order valence-electron chi connectivity index (χ0n) is 17.2. The molecule has 0 aliphatic carbocycles. The number of amides is 1. The molecule has 0 atom stereocenters. The van der Waals surface area contributed by atoms with E-state index in [0.29, 0.717) is 24.4 Å². The summed E-state index contributed by atoms with van der Waals surface area (Å²) in [5.74, 6) is 1.03. The molecule has 9 nitrogen and oxygen atoms in total. The van der Waals surface area contributed by atoms with Crippen LogP contribution in [0.4, 0.5) is 17.1 Å². The van der Waals surface area contributed by atoms with Crippen molar-refractivity contribution in [1.29, 1.82) is 0 Å². The monoisotopic (exact) mass is 414 g/mol. The van der Waals surface area contributed by atoms with Crippen molar-refractivity contribution in [2.75, 3.05) is 57.2 Å². The summed E-state index contributed by atoms with van der Waals surface area (Å²) < 4.78 is 10.4. The zero-order chi connectivity index (χ0) is 21.5. The number of non-ortho nitro benzene ring substituents is 1. The van der Waals surface area contributed by atoms with Gasteiger partial charge in [0.05, 0.1) is 24.8 Å². The van der Waals surface area contributed by atoms with Crippen molar-refractivity contribution in [3.05, 3.63) is 52.6 Å². The maximum atomic E-state index is 12.4. The van der Waals surface area contributed by atoms with E-state index in [1.165, 1.54) is 25.3 Å². The highest BCUT2D eigenvalue weighted by Crippen LogP contribution is 2.29. The van der Waals surface area contributed by atoms with E-state index in [4.69, 9.17) is 9.47 Å². The summed E-state index contributed by atoms with van der Waals surface area (Å²) in [6.45, 7) is 4.11. The third-order valence-corrected chi connectivity index (χ3v) is 5.13. The van der Waals surface area contributed by atoms with Crippen LogP contribution in [0.25, 0.3) is 0 Å². The minimum absolute atomic E-state index is 0.0965. The summed E-state index contributed by atoms with van der Waals surface area (Å²) in [4.78, 5) is 27.4. The van der Waals surface area contributed by atoms with E-state index in [1.54, 1.807) is 7.11 Å². The number of carbonyl (C=O) groups excluding carboxylic acids is 1. The Kier molecular flexibility index (Phi) is 7.08. The molecule has 0 spiro atoms. The van der Waals surface area contributed by atoms with Gasteiger partial charge in [0, 0.05) is 57.0 Å². The highest BCUT2D eigenvalue weighted by Gasteiger charge is 2.19. The Morgan fingerprint density at radius 3 is 2.37 bits per heavy atom. The summed E-state index contributed by atoms with van der Waals surface area (Å²) in [7, 11) is 3.11. The van der Waals surface area contributed by atoms with Gasteiger partial charge in [-0.05, 0) is 30.3 Å². The fourth-order valence-electron chi connectivity index (χ4n) is 3.40. The highest BCUT2D eigenvalue weighted by atomic mass is 16.6. The van der Waals surface area contributed by atoms with Crippen molar-refractivity contribution in [3.8, 4) is 11.5 Å². The van der Waals surface area contributed by atoms with Crippen molar-refractivity contribution >= 4 is 23.0 Å². The number of hydrogen-bond donors (Lipinski definition) is 1. The number of ether oxygens (including phenoxy) is 2. The second-order valence-electron chi connectivity index (χ2n) is 6.97. The van der Waals surface area contributed by atoms with Crippen LogP contribution in [0.1, 0.15) is 6.42 Å². The van der Waals surface area contributed by atoms with Gasteiger partial charge in [0.2, 0.25) is 5.91 Å². The molecular formula is C21H26N4O5. The standard InChI is InChI=1S/C21H26N4O5/c1-29-18-6-3-16(4-7-18)24-13-11-23(12-14-24)10-9-21(26)22-19-15-17(25(27)28)5-8-20(19)30-2/h3-8,15H,9-14H2,1-2H3,(H,22,26). The fraction of sp³-hybridized carbons (Fsp3) is 0.381. The van der Waals surface area contributed by atoms with Crippen molar-refractivity contribution in [1.82, 2.24) is 4.90 Å². The Labute approximate surface area is 175 Å². The van der Waals surface area contributed by atoms with Gasteiger partial charge in [-0.25, -0.2) is 0 Å². The van der Waals surface area contributed by atoms with E-state index >= 15 is 0 Å². The van der Waals surface area contributed by atoms with Gasteiger partial charge in [0.25, 0.3) is 5.69 Å². The molecule has 2 aromatic rings. The minimum atomic E-state index is -0.503. The molecule has 30 heavy (non-hydrogen) atoms. The average Bonchev–Trinajstić information content (AvgIpc) is 2.78. The van der Waals surface area contributed by atoms with Gasteiger partial charge in [-0.1, -0.05) is 0 Å². The van der Waals surface area contributed by atoms with Crippen LogP contribution in [0, 0.1) is 10.1 Å². The second-order valence-corrected chi connectivity index (χ2v) is 6.97. The summed E-state index contributed by atoms with van der Waals surface area (Å²) in [5.41, 5.74) is 1.37. The molecule has 0 radical (unpaired) electrons. The normalized spacial score (nSPS) is 14.3. The Hall–Kier alpha value is -3.33.